The van der Waals surface area contributed by atoms with E-state index in [1.54, 1.807) is 31.2 Å². The van der Waals surface area contributed by atoms with Crippen molar-refractivity contribution in [2.24, 2.45) is 0 Å². The number of cyclic esters (lactones) is 1. The van der Waals surface area contributed by atoms with Crippen molar-refractivity contribution in [2.75, 3.05) is 4.90 Å². The second-order valence-corrected chi connectivity index (χ2v) is 8.62. The second-order valence-electron chi connectivity index (χ2n) is 7.70. The molecule has 0 fully saturated rings. The molecule has 8 heteroatoms. The zero-order valence-electron chi connectivity index (χ0n) is 16.4. The van der Waals surface area contributed by atoms with Gasteiger partial charge in [-0.05, 0) is 36.8 Å². The summed E-state index contributed by atoms with van der Waals surface area (Å²) < 4.78 is 6.11. The van der Waals surface area contributed by atoms with Gasteiger partial charge in [0.2, 0.25) is 5.60 Å². The van der Waals surface area contributed by atoms with Crippen molar-refractivity contribution in [1.29, 1.82) is 0 Å². The summed E-state index contributed by atoms with van der Waals surface area (Å²) >= 11 is 3.39. The highest BCUT2D eigenvalue weighted by Gasteiger charge is 2.60. The van der Waals surface area contributed by atoms with E-state index in [9.17, 15) is 19.5 Å². The summed E-state index contributed by atoms with van der Waals surface area (Å²) in [5.74, 6) is -1.48. The van der Waals surface area contributed by atoms with Gasteiger partial charge in [-0.1, -0.05) is 46.3 Å². The smallest absolute Gasteiger partial charge is 0.344 e. The van der Waals surface area contributed by atoms with Gasteiger partial charge in [-0.25, -0.2) is 4.79 Å². The number of benzene rings is 2. The number of carbonyl (C=O) groups excluding carboxylic acids is 2. The van der Waals surface area contributed by atoms with E-state index in [1.165, 1.54) is 4.90 Å². The van der Waals surface area contributed by atoms with Crippen LogP contribution in [0, 0.1) is 6.92 Å². The third-order valence-electron chi connectivity index (χ3n) is 5.70. The summed E-state index contributed by atoms with van der Waals surface area (Å²) in [7, 11) is 0. The number of aliphatic hydroxyl groups is 1. The second kappa shape index (κ2) is 6.90. The molecule has 3 heterocycles. The summed E-state index contributed by atoms with van der Waals surface area (Å²) in [4.78, 5) is 42.5. The van der Waals surface area contributed by atoms with Gasteiger partial charge in [0, 0.05) is 21.3 Å². The van der Waals surface area contributed by atoms with Crippen LogP contribution in [0.1, 0.15) is 38.8 Å². The van der Waals surface area contributed by atoms with Gasteiger partial charge in [0.15, 0.2) is 6.10 Å². The molecule has 0 radical (unpaired) electrons. The molecule has 0 spiro atoms. The number of hydrogen-bond acceptors (Lipinski definition) is 5. The van der Waals surface area contributed by atoms with Crippen molar-refractivity contribution >= 4 is 33.5 Å². The highest BCUT2D eigenvalue weighted by atomic mass is 79.9. The van der Waals surface area contributed by atoms with E-state index in [0.717, 1.165) is 5.56 Å². The van der Waals surface area contributed by atoms with Gasteiger partial charge in [0.25, 0.3) is 11.5 Å². The maximum atomic E-state index is 13.7. The first-order valence-electron chi connectivity index (χ1n) is 9.64. The summed E-state index contributed by atoms with van der Waals surface area (Å²) in [6.45, 7) is 1.90. The van der Waals surface area contributed by atoms with E-state index < -0.39 is 29.1 Å². The van der Waals surface area contributed by atoms with E-state index in [0.29, 0.717) is 21.4 Å². The number of hydrogen-bond donors (Lipinski definition) is 2. The predicted octanol–water partition coefficient (Wildman–Crippen LogP) is 3.09. The van der Waals surface area contributed by atoms with E-state index in [4.69, 9.17) is 4.74 Å². The van der Waals surface area contributed by atoms with E-state index >= 15 is 0 Å². The molecule has 5 rings (SSSR count). The molecule has 2 N–H and O–H groups in total. The number of aryl methyl sites for hydroxylation is 1. The van der Waals surface area contributed by atoms with Gasteiger partial charge in [-0.3, -0.25) is 9.59 Å². The fraction of sp³-hybridized carbons (Fsp3) is 0.174. The number of amides is 1. The van der Waals surface area contributed by atoms with Crippen LogP contribution in [0.3, 0.4) is 0 Å². The zero-order valence-corrected chi connectivity index (χ0v) is 18.0. The number of nitrogens with one attached hydrogen (secondary N) is 1. The van der Waals surface area contributed by atoms with E-state index in [-0.39, 0.29) is 17.7 Å². The lowest BCUT2D eigenvalue weighted by Crippen LogP contribution is -2.44. The molecule has 0 saturated carbocycles. The van der Waals surface area contributed by atoms with E-state index in [1.807, 2.05) is 30.3 Å². The number of pyridine rings is 1. The number of aromatic amines is 1. The van der Waals surface area contributed by atoms with Crippen LogP contribution in [0.15, 0.2) is 63.9 Å². The first-order chi connectivity index (χ1) is 14.8. The van der Waals surface area contributed by atoms with Crippen LogP contribution in [0.5, 0.6) is 0 Å². The number of nitrogens with zero attached hydrogens (tertiary/aromatic N) is 1. The maximum Gasteiger partial charge on any atom is 0.344 e. The van der Waals surface area contributed by atoms with Crippen molar-refractivity contribution in [3.63, 3.8) is 0 Å². The summed E-state index contributed by atoms with van der Waals surface area (Å²) in [5.41, 5.74) is -0.551. The molecule has 2 aromatic carbocycles. The Morgan fingerprint density at radius 2 is 1.87 bits per heavy atom. The maximum absolute atomic E-state index is 13.7. The largest absolute Gasteiger partial charge is 0.450 e. The van der Waals surface area contributed by atoms with Gasteiger partial charge in [0.05, 0.1) is 12.2 Å². The number of rotatable bonds is 3. The fourth-order valence-electron chi connectivity index (χ4n) is 4.33. The Balaban J connectivity index is 1.68. The third-order valence-corrected chi connectivity index (χ3v) is 6.20. The molecule has 3 aromatic rings. The zero-order chi connectivity index (χ0) is 21.9. The van der Waals surface area contributed by atoms with Gasteiger partial charge < -0.3 is 19.7 Å². The summed E-state index contributed by atoms with van der Waals surface area (Å²) in [6, 6.07) is 16.1. The SMILES string of the molecule is Cc1cc2c(c(=O)[nH]1)C(=O)OC2C1(O)C(=O)N(Cc2ccccc2)c2ccc(Br)cc21. The van der Waals surface area contributed by atoms with Gasteiger partial charge in [0.1, 0.15) is 5.56 Å². The molecule has 7 nitrogen and oxygen atoms in total. The average molecular weight is 481 g/mol. The molecule has 31 heavy (non-hydrogen) atoms. The van der Waals surface area contributed by atoms with Crippen LogP contribution < -0.4 is 10.5 Å². The summed E-state index contributed by atoms with van der Waals surface area (Å²) in [6.07, 6.45) is -1.34. The van der Waals surface area contributed by atoms with Gasteiger partial charge in [-0.2, -0.15) is 0 Å². The lowest BCUT2D eigenvalue weighted by atomic mass is 9.85. The Kier molecular flexibility index (Phi) is 4.39. The highest BCUT2D eigenvalue weighted by Crippen LogP contribution is 2.52. The molecular formula is C23H17BrN2O5. The molecule has 2 unspecified atom stereocenters. The molecule has 0 saturated heterocycles. The molecule has 156 valence electrons. The molecule has 1 aromatic heterocycles. The number of H-pyrrole nitrogens is 1. The molecule has 2 atom stereocenters. The number of halogens is 1. The normalized spacial score (nSPS) is 21.8. The quantitative estimate of drug-likeness (QED) is 0.561. The van der Waals surface area contributed by atoms with Crippen molar-refractivity contribution in [3.05, 3.63) is 97.4 Å². The topological polar surface area (TPSA) is 99.7 Å². The lowest BCUT2D eigenvalue weighted by molar-refractivity contribution is -0.149. The number of fused-ring (bicyclic) bond motifs is 2. The van der Waals surface area contributed by atoms with Crippen LogP contribution in [0.4, 0.5) is 5.69 Å². The number of ether oxygens (including phenoxy) is 1. The molecule has 0 aliphatic carbocycles. The first-order valence-corrected chi connectivity index (χ1v) is 10.4. The van der Waals surface area contributed by atoms with Crippen molar-refractivity contribution in [3.8, 4) is 0 Å². The van der Waals surface area contributed by atoms with Crippen LogP contribution in [-0.4, -0.2) is 22.0 Å². The van der Waals surface area contributed by atoms with Gasteiger partial charge >= 0.3 is 5.97 Å². The molecule has 2 aliphatic rings. The Labute approximate surface area is 185 Å². The third kappa shape index (κ3) is 2.86. The Morgan fingerprint density at radius 1 is 1.13 bits per heavy atom. The Hall–Kier alpha value is -3.23. The minimum Gasteiger partial charge on any atom is -0.450 e. The lowest BCUT2D eigenvalue weighted by Gasteiger charge is -2.28. The van der Waals surface area contributed by atoms with Crippen LogP contribution in [-0.2, 0) is 21.7 Å². The molecule has 0 bridgehead atoms. The summed E-state index contributed by atoms with van der Waals surface area (Å²) in [5, 5.41) is 11.8. The van der Waals surface area contributed by atoms with Crippen molar-refractivity contribution in [2.45, 2.75) is 25.2 Å². The first kappa shape index (κ1) is 19.7. The molecular weight excluding hydrogens is 464 g/mol. The van der Waals surface area contributed by atoms with Gasteiger partial charge in [-0.15, -0.1) is 0 Å². The monoisotopic (exact) mass is 480 g/mol. The van der Waals surface area contributed by atoms with E-state index in [2.05, 4.69) is 20.9 Å². The minimum atomic E-state index is -2.17. The van der Waals surface area contributed by atoms with Crippen LogP contribution in [0.25, 0.3) is 0 Å². The molecule has 1 amide bonds. The number of carbonyl (C=O) groups is 2. The van der Waals surface area contributed by atoms with Crippen LogP contribution >= 0.6 is 15.9 Å². The molecule has 2 aliphatic heterocycles. The minimum absolute atomic E-state index is 0.185. The Morgan fingerprint density at radius 3 is 2.61 bits per heavy atom. The Bertz CT molecular complexity index is 1300. The predicted molar refractivity (Wildman–Crippen MR) is 116 cm³/mol. The highest BCUT2D eigenvalue weighted by molar-refractivity contribution is 9.10. The standard InChI is InChI=1S/C23H17BrN2O5/c1-12-9-15-18(20(27)25-12)21(28)31-19(15)23(30)16-10-14(24)7-8-17(16)26(22(23)29)11-13-5-3-2-4-6-13/h2-10,19,30H,11H2,1H3,(H,25,27). The average Bonchev–Trinajstić information content (AvgIpc) is 3.17. The van der Waals surface area contributed by atoms with Crippen molar-refractivity contribution < 1.29 is 19.4 Å². The number of aromatic nitrogens is 1. The fourth-order valence-corrected chi connectivity index (χ4v) is 4.69. The number of esters is 1. The van der Waals surface area contributed by atoms with Crippen LogP contribution in [0.2, 0.25) is 0 Å². The number of anilines is 1. The van der Waals surface area contributed by atoms with Crippen molar-refractivity contribution in [1.82, 2.24) is 4.98 Å².